The van der Waals surface area contributed by atoms with Crippen molar-refractivity contribution in [3.63, 3.8) is 0 Å². The molecule has 0 amide bonds. The van der Waals surface area contributed by atoms with E-state index in [0.29, 0.717) is 33.9 Å². The van der Waals surface area contributed by atoms with Crippen LogP contribution >= 0.6 is 11.3 Å². The predicted molar refractivity (Wildman–Crippen MR) is 96.7 cm³/mol. The Morgan fingerprint density at radius 2 is 1.96 bits per heavy atom. The van der Waals surface area contributed by atoms with E-state index in [1.54, 1.807) is 20.8 Å². The molecule has 0 aliphatic heterocycles. The van der Waals surface area contributed by atoms with E-state index < -0.39 is 23.5 Å². The Hall–Kier alpha value is -2.26. The molecule has 8 nitrogen and oxygen atoms in total. The lowest BCUT2D eigenvalue weighted by molar-refractivity contribution is -0.148. The maximum atomic E-state index is 12.8. The molecule has 1 atom stereocenters. The zero-order valence-corrected chi connectivity index (χ0v) is 16.1. The molecular weight excluding hydrogens is 360 g/mol. The van der Waals surface area contributed by atoms with E-state index in [2.05, 4.69) is 4.98 Å². The minimum Gasteiger partial charge on any atom is -0.462 e. The van der Waals surface area contributed by atoms with Crippen LogP contribution in [-0.2, 0) is 19.0 Å². The second-order valence-electron chi connectivity index (χ2n) is 5.45. The number of hydrogen-bond donors (Lipinski definition) is 0. The second kappa shape index (κ2) is 8.91. The van der Waals surface area contributed by atoms with Gasteiger partial charge in [-0.2, -0.15) is 0 Å². The number of fused-ring (bicyclic) bond motifs is 1. The Bertz CT molecular complexity index is 857. The molecule has 0 aliphatic carbocycles. The Labute approximate surface area is 154 Å². The number of ether oxygens (including phenoxy) is 3. The molecule has 0 bridgehead atoms. The van der Waals surface area contributed by atoms with Crippen LogP contribution in [0.1, 0.15) is 42.0 Å². The van der Waals surface area contributed by atoms with Gasteiger partial charge in [-0.1, -0.05) is 0 Å². The van der Waals surface area contributed by atoms with Gasteiger partial charge in [0.1, 0.15) is 22.4 Å². The quantitative estimate of drug-likeness (QED) is 0.509. The number of carbonyl (C=O) groups is 2. The second-order valence-corrected chi connectivity index (χ2v) is 6.45. The van der Waals surface area contributed by atoms with Crippen molar-refractivity contribution in [3.8, 4) is 0 Å². The van der Waals surface area contributed by atoms with Crippen LogP contribution in [0.2, 0.25) is 0 Å². The van der Waals surface area contributed by atoms with Crippen LogP contribution in [0.3, 0.4) is 0 Å². The summed E-state index contributed by atoms with van der Waals surface area (Å²) in [5.74, 6) is -1.03. The molecule has 0 aromatic carbocycles. The summed E-state index contributed by atoms with van der Waals surface area (Å²) >= 11 is 1.10. The Balaban J connectivity index is 2.30. The lowest BCUT2D eigenvalue weighted by Crippen LogP contribution is -2.30. The highest BCUT2D eigenvalue weighted by atomic mass is 32.1. The van der Waals surface area contributed by atoms with E-state index in [9.17, 15) is 14.4 Å². The molecule has 0 spiro atoms. The fourth-order valence-corrected chi connectivity index (χ4v) is 3.42. The fourth-order valence-electron chi connectivity index (χ4n) is 2.38. The lowest BCUT2D eigenvalue weighted by atomic mass is 10.2. The van der Waals surface area contributed by atoms with Gasteiger partial charge in [0.2, 0.25) is 0 Å². The van der Waals surface area contributed by atoms with Crippen LogP contribution in [0.25, 0.3) is 10.2 Å². The van der Waals surface area contributed by atoms with Gasteiger partial charge in [-0.15, -0.1) is 11.3 Å². The van der Waals surface area contributed by atoms with Crippen LogP contribution in [0, 0.1) is 6.92 Å². The lowest BCUT2D eigenvalue weighted by Gasteiger charge is -2.14. The van der Waals surface area contributed by atoms with Crippen molar-refractivity contribution in [2.24, 2.45) is 0 Å². The fraction of sp³-hybridized carbons (Fsp3) is 0.529. The zero-order valence-electron chi connectivity index (χ0n) is 15.2. The van der Waals surface area contributed by atoms with Gasteiger partial charge in [-0.25, -0.2) is 14.6 Å². The van der Waals surface area contributed by atoms with Crippen molar-refractivity contribution < 1.29 is 23.8 Å². The molecule has 2 rings (SSSR count). The topological polar surface area (TPSA) is 96.7 Å². The number of rotatable bonds is 8. The first kappa shape index (κ1) is 20.1. The summed E-state index contributed by atoms with van der Waals surface area (Å²) in [7, 11) is 0. The first-order valence-corrected chi connectivity index (χ1v) is 9.15. The average molecular weight is 382 g/mol. The third-order valence-corrected chi connectivity index (χ3v) is 4.95. The van der Waals surface area contributed by atoms with E-state index in [1.165, 1.54) is 10.9 Å². The molecule has 0 radical (unpaired) electrons. The third-order valence-electron chi connectivity index (χ3n) is 3.77. The number of thiophene rings is 1. The molecule has 142 valence electrons. The number of carbonyl (C=O) groups excluding carboxylic acids is 2. The zero-order chi connectivity index (χ0) is 19.3. The maximum absolute atomic E-state index is 12.8. The number of esters is 2. The van der Waals surface area contributed by atoms with Gasteiger partial charge in [-0.3, -0.25) is 9.36 Å². The van der Waals surface area contributed by atoms with Crippen molar-refractivity contribution in [2.75, 3.05) is 26.4 Å². The highest BCUT2D eigenvalue weighted by Crippen LogP contribution is 2.27. The predicted octanol–water partition coefficient (Wildman–Crippen LogP) is 2.08. The van der Waals surface area contributed by atoms with Crippen molar-refractivity contribution in [1.82, 2.24) is 9.55 Å². The summed E-state index contributed by atoms with van der Waals surface area (Å²) in [6, 6.07) is -0.841. The largest absolute Gasteiger partial charge is 0.462 e. The summed E-state index contributed by atoms with van der Waals surface area (Å²) in [5, 5.41) is 0.314. The van der Waals surface area contributed by atoms with E-state index >= 15 is 0 Å². The maximum Gasteiger partial charge on any atom is 0.348 e. The molecule has 2 heterocycles. The van der Waals surface area contributed by atoms with Crippen molar-refractivity contribution in [3.05, 3.63) is 27.1 Å². The van der Waals surface area contributed by atoms with E-state index in [0.717, 1.165) is 11.3 Å². The van der Waals surface area contributed by atoms with Crippen molar-refractivity contribution >= 4 is 33.5 Å². The van der Waals surface area contributed by atoms with E-state index in [4.69, 9.17) is 14.2 Å². The molecule has 0 unspecified atom stereocenters. The van der Waals surface area contributed by atoms with Gasteiger partial charge in [-0.05, 0) is 33.3 Å². The summed E-state index contributed by atoms with van der Waals surface area (Å²) in [6.07, 6.45) is 1.30. The summed E-state index contributed by atoms with van der Waals surface area (Å²) < 4.78 is 16.4. The molecule has 9 heteroatoms. The third kappa shape index (κ3) is 4.10. The molecule has 0 saturated carbocycles. The minimum absolute atomic E-state index is 0.117. The number of aromatic nitrogens is 2. The Kier molecular flexibility index (Phi) is 6.87. The van der Waals surface area contributed by atoms with Crippen LogP contribution in [0.4, 0.5) is 0 Å². The van der Waals surface area contributed by atoms with Crippen LogP contribution < -0.4 is 5.56 Å². The molecular formula is C17H22N2O6S. The normalized spacial score (nSPS) is 12.2. The van der Waals surface area contributed by atoms with Crippen LogP contribution in [0.15, 0.2) is 11.1 Å². The van der Waals surface area contributed by atoms with Gasteiger partial charge in [0.15, 0.2) is 0 Å². The van der Waals surface area contributed by atoms with Gasteiger partial charge in [0.05, 0.1) is 24.9 Å². The first-order chi connectivity index (χ1) is 12.4. The van der Waals surface area contributed by atoms with E-state index in [1.807, 2.05) is 6.92 Å². The monoisotopic (exact) mass is 382 g/mol. The van der Waals surface area contributed by atoms with E-state index in [-0.39, 0.29) is 13.2 Å². The van der Waals surface area contributed by atoms with Crippen molar-refractivity contribution in [2.45, 2.75) is 33.7 Å². The van der Waals surface area contributed by atoms with Crippen molar-refractivity contribution in [1.29, 1.82) is 0 Å². The molecule has 0 saturated heterocycles. The van der Waals surface area contributed by atoms with Gasteiger partial charge in [0, 0.05) is 6.61 Å². The minimum atomic E-state index is -0.841. The molecule has 26 heavy (non-hydrogen) atoms. The highest BCUT2D eigenvalue weighted by Gasteiger charge is 2.24. The van der Waals surface area contributed by atoms with Gasteiger partial charge in [0.25, 0.3) is 5.56 Å². The first-order valence-electron chi connectivity index (χ1n) is 8.34. The summed E-state index contributed by atoms with van der Waals surface area (Å²) in [5.41, 5.74) is 0.112. The number of aryl methyl sites for hydroxylation is 1. The standard InChI is InChI=1S/C17H22N2O6S/c1-5-23-7-8-25-16(21)11(4)19-9-18-14-12(15(19)20)10(3)13(26-14)17(22)24-6-2/h9,11H,5-8H2,1-4H3/t11-/m1/s1. The smallest absolute Gasteiger partial charge is 0.348 e. The Morgan fingerprint density at radius 1 is 1.23 bits per heavy atom. The molecule has 2 aromatic heterocycles. The number of nitrogens with zero attached hydrogens (tertiary/aromatic N) is 2. The molecule has 0 N–H and O–H groups in total. The summed E-state index contributed by atoms with van der Waals surface area (Å²) in [6.45, 7) is 7.99. The van der Waals surface area contributed by atoms with Crippen LogP contribution in [0.5, 0.6) is 0 Å². The molecule has 0 fully saturated rings. The van der Waals surface area contributed by atoms with Gasteiger partial charge >= 0.3 is 11.9 Å². The SMILES string of the molecule is CCOCCOC(=O)[C@@H](C)n1cnc2sc(C(=O)OCC)c(C)c2c1=O. The van der Waals surface area contributed by atoms with Crippen LogP contribution in [-0.4, -0.2) is 47.9 Å². The average Bonchev–Trinajstić information content (AvgIpc) is 2.96. The highest BCUT2D eigenvalue weighted by molar-refractivity contribution is 7.20. The summed E-state index contributed by atoms with van der Waals surface area (Å²) in [4.78, 5) is 42.0. The van der Waals surface area contributed by atoms with Gasteiger partial charge < -0.3 is 14.2 Å². The molecule has 0 aliphatic rings. The Morgan fingerprint density at radius 3 is 2.62 bits per heavy atom. The molecule has 2 aromatic rings. The number of hydrogen-bond acceptors (Lipinski definition) is 8.